The van der Waals surface area contributed by atoms with Crippen molar-refractivity contribution >= 4 is 17.6 Å². The SMILES string of the molecule is C[C@H]1CC[C@@H](C(=O)O)CN1C(=O)Cc1ccc(-c2cccc(N)c2)cc1. The molecule has 0 bridgehead atoms. The minimum atomic E-state index is -0.818. The largest absolute Gasteiger partial charge is 0.481 e. The Bertz CT molecular complexity index is 801. The second-order valence-electron chi connectivity index (χ2n) is 7.01. The van der Waals surface area contributed by atoms with Crippen LogP contribution in [0.25, 0.3) is 11.1 Å². The molecule has 0 spiro atoms. The molecule has 0 saturated carbocycles. The fourth-order valence-electron chi connectivity index (χ4n) is 3.47. The highest BCUT2D eigenvalue weighted by molar-refractivity contribution is 5.80. The van der Waals surface area contributed by atoms with Gasteiger partial charge in [-0.15, -0.1) is 0 Å². The molecule has 3 N–H and O–H groups in total. The summed E-state index contributed by atoms with van der Waals surface area (Å²) in [5.41, 5.74) is 9.55. The molecule has 3 rings (SSSR count). The van der Waals surface area contributed by atoms with Gasteiger partial charge in [0, 0.05) is 18.3 Å². The van der Waals surface area contributed by atoms with Crippen LogP contribution in [0.2, 0.25) is 0 Å². The van der Waals surface area contributed by atoms with Gasteiger partial charge in [-0.05, 0) is 48.6 Å². The lowest BCUT2D eigenvalue weighted by atomic mass is 9.93. The van der Waals surface area contributed by atoms with Gasteiger partial charge in [-0.1, -0.05) is 36.4 Å². The highest BCUT2D eigenvalue weighted by atomic mass is 16.4. The third kappa shape index (κ3) is 4.04. The summed E-state index contributed by atoms with van der Waals surface area (Å²) in [7, 11) is 0. The first-order valence-corrected chi connectivity index (χ1v) is 8.91. The summed E-state index contributed by atoms with van der Waals surface area (Å²) in [6.07, 6.45) is 1.65. The number of aliphatic carboxylic acids is 1. The summed E-state index contributed by atoms with van der Waals surface area (Å²) in [5, 5.41) is 9.23. The first kappa shape index (κ1) is 18.0. The van der Waals surface area contributed by atoms with E-state index >= 15 is 0 Å². The van der Waals surface area contributed by atoms with Gasteiger partial charge in [-0.25, -0.2) is 0 Å². The third-order valence-electron chi connectivity index (χ3n) is 5.08. The number of benzene rings is 2. The zero-order valence-corrected chi connectivity index (χ0v) is 14.9. The van der Waals surface area contributed by atoms with Crippen LogP contribution in [0.5, 0.6) is 0 Å². The molecule has 1 heterocycles. The van der Waals surface area contributed by atoms with E-state index in [2.05, 4.69) is 0 Å². The summed E-state index contributed by atoms with van der Waals surface area (Å²) in [5.74, 6) is -1.29. The van der Waals surface area contributed by atoms with Crippen LogP contribution < -0.4 is 5.73 Å². The van der Waals surface area contributed by atoms with Crippen molar-refractivity contribution in [3.63, 3.8) is 0 Å². The smallest absolute Gasteiger partial charge is 0.308 e. The number of piperidine rings is 1. The number of rotatable bonds is 4. The van der Waals surface area contributed by atoms with Gasteiger partial charge in [0.25, 0.3) is 0 Å². The highest BCUT2D eigenvalue weighted by Crippen LogP contribution is 2.24. The van der Waals surface area contributed by atoms with E-state index in [1.54, 1.807) is 4.90 Å². The van der Waals surface area contributed by atoms with Crippen molar-refractivity contribution in [1.82, 2.24) is 4.90 Å². The molecule has 0 aromatic heterocycles. The first-order chi connectivity index (χ1) is 12.4. The van der Waals surface area contributed by atoms with Gasteiger partial charge in [0.2, 0.25) is 5.91 Å². The molecule has 0 aliphatic carbocycles. The molecule has 0 radical (unpaired) electrons. The normalized spacial score (nSPS) is 20.0. The Morgan fingerprint density at radius 3 is 2.50 bits per heavy atom. The van der Waals surface area contributed by atoms with Crippen LogP contribution in [0.3, 0.4) is 0 Å². The van der Waals surface area contributed by atoms with Gasteiger partial charge in [-0.2, -0.15) is 0 Å². The first-order valence-electron chi connectivity index (χ1n) is 8.91. The molecule has 5 nitrogen and oxygen atoms in total. The summed E-state index contributed by atoms with van der Waals surface area (Å²) in [4.78, 5) is 25.6. The van der Waals surface area contributed by atoms with Crippen molar-refractivity contribution < 1.29 is 14.7 Å². The van der Waals surface area contributed by atoms with E-state index < -0.39 is 11.9 Å². The number of carbonyl (C=O) groups is 2. The number of nitrogens with two attached hydrogens (primary N) is 1. The van der Waals surface area contributed by atoms with E-state index in [-0.39, 0.29) is 18.4 Å². The topological polar surface area (TPSA) is 83.6 Å². The van der Waals surface area contributed by atoms with Crippen molar-refractivity contribution in [1.29, 1.82) is 0 Å². The maximum absolute atomic E-state index is 12.7. The Labute approximate surface area is 153 Å². The van der Waals surface area contributed by atoms with Gasteiger partial charge in [0.05, 0.1) is 12.3 Å². The highest BCUT2D eigenvalue weighted by Gasteiger charge is 2.32. The Balaban J connectivity index is 1.68. The average Bonchev–Trinajstić information content (AvgIpc) is 2.62. The molecule has 26 heavy (non-hydrogen) atoms. The van der Waals surface area contributed by atoms with E-state index in [4.69, 9.17) is 5.73 Å². The van der Waals surface area contributed by atoms with Crippen LogP contribution in [-0.4, -0.2) is 34.5 Å². The number of carboxylic acid groups (broad SMARTS) is 1. The van der Waals surface area contributed by atoms with E-state index in [9.17, 15) is 14.7 Å². The third-order valence-corrected chi connectivity index (χ3v) is 5.08. The minimum absolute atomic E-state index is 0.0137. The number of hydrogen-bond acceptors (Lipinski definition) is 3. The fourth-order valence-corrected chi connectivity index (χ4v) is 3.47. The van der Waals surface area contributed by atoms with Gasteiger partial charge in [0.1, 0.15) is 0 Å². The minimum Gasteiger partial charge on any atom is -0.481 e. The maximum atomic E-state index is 12.7. The van der Waals surface area contributed by atoms with Gasteiger partial charge in [0.15, 0.2) is 0 Å². The monoisotopic (exact) mass is 352 g/mol. The van der Waals surface area contributed by atoms with Crippen molar-refractivity contribution in [2.24, 2.45) is 5.92 Å². The molecule has 5 heteroatoms. The second kappa shape index (κ2) is 7.60. The Hall–Kier alpha value is -2.82. The lowest BCUT2D eigenvalue weighted by Crippen LogP contribution is -2.47. The summed E-state index contributed by atoms with van der Waals surface area (Å²) in [6.45, 7) is 2.29. The molecule has 1 aliphatic heterocycles. The molecule has 1 aliphatic rings. The molecular formula is C21H24N2O3. The van der Waals surface area contributed by atoms with Crippen molar-refractivity contribution in [2.75, 3.05) is 12.3 Å². The predicted octanol–water partition coefficient (Wildman–Crippen LogP) is 3.19. The van der Waals surface area contributed by atoms with E-state index in [1.807, 2.05) is 55.5 Å². The fraction of sp³-hybridized carbons (Fsp3) is 0.333. The summed E-state index contributed by atoms with van der Waals surface area (Å²) in [6, 6.07) is 15.6. The molecule has 1 saturated heterocycles. The molecule has 1 amide bonds. The zero-order valence-electron chi connectivity index (χ0n) is 14.9. The van der Waals surface area contributed by atoms with Crippen LogP contribution in [-0.2, 0) is 16.0 Å². The summed E-state index contributed by atoms with van der Waals surface area (Å²) < 4.78 is 0. The molecule has 1 fully saturated rings. The second-order valence-corrected chi connectivity index (χ2v) is 7.01. The average molecular weight is 352 g/mol. The van der Waals surface area contributed by atoms with Gasteiger partial charge >= 0.3 is 5.97 Å². The van der Waals surface area contributed by atoms with Crippen molar-refractivity contribution in [2.45, 2.75) is 32.2 Å². The standard InChI is InChI=1S/C21H24N2O3/c1-14-5-8-18(21(25)26)13-23(14)20(24)11-15-6-9-16(10-7-15)17-3-2-4-19(22)12-17/h2-4,6-7,9-10,12,14,18H,5,8,11,13,22H2,1H3,(H,25,26)/t14-,18+/m0/s1. The number of carboxylic acids is 1. The lowest BCUT2D eigenvalue weighted by Gasteiger charge is -2.36. The van der Waals surface area contributed by atoms with E-state index in [1.165, 1.54) is 0 Å². The number of anilines is 1. The van der Waals surface area contributed by atoms with Crippen LogP contribution in [0, 0.1) is 5.92 Å². The van der Waals surface area contributed by atoms with Crippen LogP contribution in [0.15, 0.2) is 48.5 Å². The molecular weight excluding hydrogens is 328 g/mol. The van der Waals surface area contributed by atoms with E-state index in [0.29, 0.717) is 18.7 Å². The molecule has 2 aromatic carbocycles. The Morgan fingerprint density at radius 2 is 1.85 bits per heavy atom. The Kier molecular flexibility index (Phi) is 5.26. The number of likely N-dealkylation sites (tertiary alicyclic amines) is 1. The van der Waals surface area contributed by atoms with Crippen LogP contribution >= 0.6 is 0 Å². The Morgan fingerprint density at radius 1 is 1.12 bits per heavy atom. The van der Waals surface area contributed by atoms with Crippen molar-refractivity contribution in [3.8, 4) is 11.1 Å². The maximum Gasteiger partial charge on any atom is 0.308 e. The zero-order chi connectivity index (χ0) is 18.7. The lowest BCUT2D eigenvalue weighted by molar-refractivity contribution is -0.146. The molecule has 2 atom stereocenters. The predicted molar refractivity (Wildman–Crippen MR) is 102 cm³/mol. The van der Waals surface area contributed by atoms with Crippen LogP contribution in [0.4, 0.5) is 5.69 Å². The van der Waals surface area contributed by atoms with Crippen LogP contribution in [0.1, 0.15) is 25.3 Å². The van der Waals surface area contributed by atoms with E-state index in [0.717, 1.165) is 23.1 Å². The molecule has 136 valence electrons. The van der Waals surface area contributed by atoms with Gasteiger partial charge < -0.3 is 15.7 Å². The quantitative estimate of drug-likeness (QED) is 0.828. The number of carbonyl (C=O) groups excluding carboxylic acids is 1. The molecule has 2 aromatic rings. The molecule has 0 unspecified atom stereocenters. The number of hydrogen-bond donors (Lipinski definition) is 2. The van der Waals surface area contributed by atoms with Crippen molar-refractivity contribution in [3.05, 3.63) is 54.1 Å². The number of nitrogen functional groups attached to an aromatic ring is 1. The summed E-state index contributed by atoms with van der Waals surface area (Å²) >= 11 is 0. The number of amides is 1. The number of nitrogens with zero attached hydrogens (tertiary/aromatic N) is 1. The van der Waals surface area contributed by atoms with Gasteiger partial charge in [-0.3, -0.25) is 9.59 Å².